The van der Waals surface area contributed by atoms with Crippen molar-refractivity contribution in [1.82, 2.24) is 0 Å². The van der Waals surface area contributed by atoms with Gasteiger partial charge >= 0.3 is 0 Å². The second-order valence-corrected chi connectivity index (χ2v) is 7.51. The maximum absolute atomic E-state index is 6.18. The van der Waals surface area contributed by atoms with Gasteiger partial charge in [0.25, 0.3) is 0 Å². The molecule has 2 bridgehead atoms. The Balaban J connectivity index is 2.17. The average molecular weight is 234 g/mol. The van der Waals surface area contributed by atoms with Crippen molar-refractivity contribution in [3.05, 3.63) is 35.4 Å². The minimum atomic E-state index is 0.167. The maximum Gasteiger partial charge on any atom is 0.130 e. The molecule has 0 saturated carbocycles. The van der Waals surface area contributed by atoms with Gasteiger partial charge in [0.05, 0.1) is 6.10 Å². The molecule has 16 heavy (non-hydrogen) atoms. The Kier molecular flexibility index (Phi) is 2.03. The van der Waals surface area contributed by atoms with Crippen molar-refractivity contribution < 1.29 is 4.74 Å². The van der Waals surface area contributed by atoms with Crippen molar-refractivity contribution in [1.29, 1.82) is 0 Å². The second kappa shape index (κ2) is 3.05. The smallest absolute Gasteiger partial charge is 0.130 e. The summed E-state index contributed by atoms with van der Waals surface area (Å²) in [7, 11) is 0. The van der Waals surface area contributed by atoms with E-state index in [1.165, 1.54) is 11.1 Å². The molecule has 0 unspecified atom stereocenters. The lowest BCUT2D eigenvalue weighted by Crippen LogP contribution is -2.43. The number of fused-ring (bicyclic) bond motifs is 5. The predicted octanol–water partition coefficient (Wildman–Crippen LogP) is 4.31. The van der Waals surface area contributed by atoms with Gasteiger partial charge in [0.2, 0.25) is 0 Å². The van der Waals surface area contributed by atoms with Gasteiger partial charge in [-0.2, -0.15) is 0 Å². The Bertz CT molecular complexity index is 436. The van der Waals surface area contributed by atoms with E-state index in [0.717, 1.165) is 0 Å². The van der Waals surface area contributed by atoms with Crippen molar-refractivity contribution in [2.24, 2.45) is 5.41 Å². The maximum atomic E-state index is 6.18. The molecule has 2 atom stereocenters. The average Bonchev–Trinajstić information content (AvgIpc) is 2.54. The van der Waals surface area contributed by atoms with Gasteiger partial charge in [0.15, 0.2) is 0 Å². The molecule has 0 aromatic heterocycles. The Morgan fingerprint density at radius 3 is 2.38 bits per heavy atom. The third-order valence-corrected chi connectivity index (χ3v) is 6.10. The first kappa shape index (κ1) is 10.7. The summed E-state index contributed by atoms with van der Waals surface area (Å²) in [6, 6.07) is 8.67. The molecular formula is C14H18OS. The molecule has 0 spiro atoms. The summed E-state index contributed by atoms with van der Waals surface area (Å²) in [5, 5.41) is 0. The van der Waals surface area contributed by atoms with Gasteiger partial charge < -0.3 is 4.74 Å². The molecule has 0 N–H and O–H groups in total. The molecule has 2 aliphatic heterocycles. The normalized spacial score (nSPS) is 33.5. The quantitative estimate of drug-likeness (QED) is 0.661. The van der Waals surface area contributed by atoms with E-state index in [-0.39, 0.29) is 21.7 Å². The molecule has 3 rings (SSSR count). The fourth-order valence-corrected chi connectivity index (χ4v) is 4.07. The summed E-state index contributed by atoms with van der Waals surface area (Å²) < 4.78 is 6.43. The van der Waals surface area contributed by atoms with Crippen molar-refractivity contribution in [2.45, 2.75) is 44.0 Å². The first-order valence-electron chi connectivity index (χ1n) is 5.85. The van der Waals surface area contributed by atoms with Crippen LogP contribution < -0.4 is 0 Å². The van der Waals surface area contributed by atoms with Crippen LogP contribution in [0.3, 0.4) is 0 Å². The number of hydrogen-bond donors (Lipinski definition) is 0. The predicted molar refractivity (Wildman–Crippen MR) is 68.5 cm³/mol. The van der Waals surface area contributed by atoms with Crippen LogP contribution in [0.25, 0.3) is 0 Å². The lowest BCUT2D eigenvalue weighted by molar-refractivity contribution is -0.0498. The lowest BCUT2D eigenvalue weighted by atomic mass is 9.73. The van der Waals surface area contributed by atoms with E-state index in [4.69, 9.17) is 4.74 Å². The summed E-state index contributed by atoms with van der Waals surface area (Å²) in [6.07, 6.45) is 0.255. The molecule has 1 nitrogen and oxygen atoms in total. The van der Waals surface area contributed by atoms with Crippen LogP contribution in [0.1, 0.15) is 50.4 Å². The molecule has 2 heteroatoms. The SMILES string of the molecule is CC1(C)S[C@H]2O[C@H](c3ccccc32)C1(C)C. The summed E-state index contributed by atoms with van der Waals surface area (Å²) in [6.45, 7) is 9.32. The molecule has 1 aromatic rings. The molecule has 86 valence electrons. The summed E-state index contributed by atoms with van der Waals surface area (Å²) in [5.74, 6) is 0. The standard InChI is InChI=1S/C14H18OS/c1-13(2)11-9-7-5-6-8-10(9)12(15-11)16-14(13,3)4/h5-8,11-12H,1-4H3/t11-,12-/m1/s1. The molecule has 1 fully saturated rings. The van der Waals surface area contributed by atoms with Crippen molar-refractivity contribution in [3.8, 4) is 0 Å². The van der Waals surface area contributed by atoms with Crippen LogP contribution in [0, 0.1) is 5.41 Å². The van der Waals surface area contributed by atoms with E-state index in [1.807, 2.05) is 11.8 Å². The van der Waals surface area contributed by atoms with Crippen molar-refractivity contribution in [2.75, 3.05) is 0 Å². The van der Waals surface area contributed by atoms with E-state index in [9.17, 15) is 0 Å². The van der Waals surface area contributed by atoms with Crippen LogP contribution in [0.15, 0.2) is 24.3 Å². The first-order chi connectivity index (χ1) is 7.43. The number of rotatable bonds is 0. The summed E-state index contributed by atoms with van der Waals surface area (Å²) >= 11 is 1.96. The number of ether oxygens (including phenoxy) is 1. The van der Waals surface area contributed by atoms with Crippen LogP contribution in [0.2, 0.25) is 0 Å². The Labute approximate surface area is 102 Å². The molecule has 1 saturated heterocycles. The monoisotopic (exact) mass is 234 g/mol. The second-order valence-electron chi connectivity index (χ2n) is 5.83. The first-order valence-corrected chi connectivity index (χ1v) is 6.73. The molecule has 2 aliphatic rings. The molecular weight excluding hydrogens is 216 g/mol. The number of hydrogen-bond acceptors (Lipinski definition) is 2. The van der Waals surface area contributed by atoms with Gasteiger partial charge in [-0.25, -0.2) is 0 Å². The zero-order valence-electron chi connectivity index (χ0n) is 10.3. The van der Waals surface area contributed by atoms with Crippen molar-refractivity contribution in [3.63, 3.8) is 0 Å². The van der Waals surface area contributed by atoms with Crippen LogP contribution >= 0.6 is 11.8 Å². The summed E-state index contributed by atoms with van der Waals surface area (Å²) in [5.41, 5.74) is 3.19. The van der Waals surface area contributed by atoms with Crippen LogP contribution in [0.5, 0.6) is 0 Å². The molecule has 1 aromatic carbocycles. The van der Waals surface area contributed by atoms with Gasteiger partial charge in [-0.05, 0) is 25.0 Å². The van der Waals surface area contributed by atoms with E-state index in [0.29, 0.717) is 0 Å². The Morgan fingerprint density at radius 2 is 1.69 bits per heavy atom. The highest BCUT2D eigenvalue weighted by Crippen LogP contribution is 2.65. The summed E-state index contributed by atoms with van der Waals surface area (Å²) in [4.78, 5) is 0. The molecule has 0 radical (unpaired) electrons. The fraction of sp³-hybridized carbons (Fsp3) is 0.571. The fourth-order valence-electron chi connectivity index (χ4n) is 2.62. The number of benzene rings is 1. The molecule has 2 heterocycles. The van der Waals surface area contributed by atoms with Gasteiger partial charge in [-0.1, -0.05) is 38.1 Å². The minimum absolute atomic E-state index is 0.167. The zero-order chi connectivity index (χ0) is 11.6. The van der Waals surface area contributed by atoms with Crippen LogP contribution in [0.4, 0.5) is 0 Å². The molecule has 0 amide bonds. The van der Waals surface area contributed by atoms with Gasteiger partial charge in [-0.3, -0.25) is 0 Å². The largest absolute Gasteiger partial charge is 0.354 e. The van der Waals surface area contributed by atoms with E-state index < -0.39 is 0 Å². The highest BCUT2D eigenvalue weighted by molar-refractivity contribution is 8.00. The van der Waals surface area contributed by atoms with Crippen LogP contribution in [-0.2, 0) is 4.74 Å². The van der Waals surface area contributed by atoms with E-state index in [2.05, 4.69) is 52.0 Å². The number of thioether (sulfide) groups is 1. The van der Waals surface area contributed by atoms with Gasteiger partial charge in [0, 0.05) is 10.2 Å². The third kappa shape index (κ3) is 1.17. The van der Waals surface area contributed by atoms with Crippen LogP contribution in [-0.4, -0.2) is 4.75 Å². The van der Waals surface area contributed by atoms with Crippen molar-refractivity contribution >= 4 is 11.8 Å². The van der Waals surface area contributed by atoms with Gasteiger partial charge in [0.1, 0.15) is 5.44 Å². The topological polar surface area (TPSA) is 9.23 Å². The van der Waals surface area contributed by atoms with E-state index >= 15 is 0 Å². The van der Waals surface area contributed by atoms with Gasteiger partial charge in [-0.15, -0.1) is 11.8 Å². The Hall–Kier alpha value is -0.470. The zero-order valence-corrected chi connectivity index (χ0v) is 11.1. The highest BCUT2D eigenvalue weighted by atomic mass is 32.2. The minimum Gasteiger partial charge on any atom is -0.354 e. The van der Waals surface area contributed by atoms with E-state index in [1.54, 1.807) is 0 Å². The molecule has 0 aliphatic carbocycles. The third-order valence-electron chi connectivity index (χ3n) is 4.40. The highest BCUT2D eigenvalue weighted by Gasteiger charge is 2.55. The lowest BCUT2D eigenvalue weighted by Gasteiger charge is -2.49. The Morgan fingerprint density at radius 1 is 1.06 bits per heavy atom.